The number of fused-ring (bicyclic) bond motifs is 1. The summed E-state index contributed by atoms with van der Waals surface area (Å²) in [5.74, 6) is -0.421. The van der Waals surface area contributed by atoms with E-state index < -0.39 is 18.6 Å². The molecule has 0 aliphatic rings. The second kappa shape index (κ2) is 10.9. The van der Waals surface area contributed by atoms with E-state index in [1.165, 1.54) is 11.8 Å². The fourth-order valence-corrected chi connectivity index (χ4v) is 7.68. The molecule has 3 rings (SSSR count). The predicted octanol–water partition coefficient (Wildman–Crippen LogP) is 7.19. The van der Waals surface area contributed by atoms with Gasteiger partial charge in [-0.2, -0.15) is 0 Å². The molecule has 0 saturated carbocycles. The van der Waals surface area contributed by atoms with Crippen molar-refractivity contribution in [3.8, 4) is 11.1 Å². The maximum atomic E-state index is 14.3. The highest BCUT2D eigenvalue weighted by molar-refractivity contribution is 8.04. The second-order valence-corrected chi connectivity index (χ2v) is 11.4. The average Bonchev–Trinajstić information content (AvgIpc) is 3.09. The average molecular weight is 490 g/mol. The quantitative estimate of drug-likeness (QED) is 0.222. The van der Waals surface area contributed by atoms with E-state index in [-0.39, 0.29) is 18.8 Å². The van der Waals surface area contributed by atoms with Gasteiger partial charge in [-0.05, 0) is 58.6 Å². The molecular weight excluding hydrogens is 457 g/mol. The number of pyridine rings is 1. The van der Waals surface area contributed by atoms with Crippen LogP contribution in [0, 0.1) is 0 Å². The summed E-state index contributed by atoms with van der Waals surface area (Å²) in [6, 6.07) is 15.3. The zero-order chi connectivity index (χ0) is 24.2. The van der Waals surface area contributed by atoms with Crippen molar-refractivity contribution in [2.75, 3.05) is 12.9 Å². The number of hydrogen-bond acceptors (Lipinski definition) is 6. The molecule has 6 nitrogen and oxygen atoms in total. The minimum atomic E-state index is -3.66. The number of nitrogens with zero attached hydrogens (tertiary/aromatic N) is 1. The van der Waals surface area contributed by atoms with E-state index in [0.29, 0.717) is 22.3 Å². The molecule has 1 unspecified atom stereocenters. The summed E-state index contributed by atoms with van der Waals surface area (Å²) in [6.45, 7) is 9.39. The Morgan fingerprint density at radius 3 is 2.15 bits per heavy atom. The summed E-state index contributed by atoms with van der Waals surface area (Å²) in [4.78, 5) is 12.5. The Bertz CT molecular complexity index is 1130. The van der Waals surface area contributed by atoms with E-state index in [0.717, 1.165) is 5.56 Å². The van der Waals surface area contributed by atoms with Crippen LogP contribution in [-0.2, 0) is 18.3 Å². The van der Waals surface area contributed by atoms with Crippen LogP contribution in [0.25, 0.3) is 16.6 Å². The van der Waals surface area contributed by atoms with Crippen molar-refractivity contribution in [1.82, 2.24) is 4.40 Å². The first-order valence-electron chi connectivity index (χ1n) is 11.1. The number of hydrogen-bond donors (Lipinski definition) is 0. The highest BCUT2D eigenvalue weighted by Crippen LogP contribution is 2.67. The van der Waals surface area contributed by atoms with Crippen LogP contribution in [0.3, 0.4) is 0 Å². The molecule has 178 valence electrons. The van der Waals surface area contributed by atoms with E-state index in [1.807, 2.05) is 93.1 Å². The van der Waals surface area contributed by atoms with Gasteiger partial charge < -0.3 is 18.2 Å². The molecule has 2 aromatic heterocycles. The Hall–Kier alpha value is -2.05. The van der Waals surface area contributed by atoms with Gasteiger partial charge in [-0.25, -0.2) is 4.79 Å². The molecule has 1 aromatic carbocycles. The monoisotopic (exact) mass is 489 g/mol. The van der Waals surface area contributed by atoms with Crippen LogP contribution in [0.15, 0.2) is 54.7 Å². The summed E-state index contributed by atoms with van der Waals surface area (Å²) < 4.78 is 33.7. The fraction of sp³-hybridized carbons (Fsp3) is 0.400. The third-order valence-electron chi connectivity index (χ3n) is 4.88. The van der Waals surface area contributed by atoms with Gasteiger partial charge in [0.25, 0.3) is 0 Å². The molecule has 0 spiro atoms. The molecular formula is C25H32NO5PS. The van der Waals surface area contributed by atoms with E-state index >= 15 is 0 Å². The number of carbonyl (C=O) groups is 1. The topological polar surface area (TPSA) is 66.2 Å². The van der Waals surface area contributed by atoms with Crippen molar-refractivity contribution in [3.05, 3.63) is 66.0 Å². The van der Waals surface area contributed by atoms with Crippen molar-refractivity contribution >= 4 is 30.8 Å². The van der Waals surface area contributed by atoms with Gasteiger partial charge in [-0.3, -0.25) is 4.57 Å². The Labute approximate surface area is 200 Å². The van der Waals surface area contributed by atoms with Gasteiger partial charge in [0.1, 0.15) is 4.99 Å². The zero-order valence-corrected chi connectivity index (χ0v) is 21.7. The molecule has 1 atom stereocenters. The van der Waals surface area contributed by atoms with E-state index in [9.17, 15) is 9.36 Å². The first-order valence-corrected chi connectivity index (χ1v) is 14.0. The van der Waals surface area contributed by atoms with Crippen LogP contribution in [0.4, 0.5) is 0 Å². The van der Waals surface area contributed by atoms with Gasteiger partial charge >= 0.3 is 13.6 Å². The van der Waals surface area contributed by atoms with Crippen molar-refractivity contribution < 1.29 is 23.1 Å². The summed E-state index contributed by atoms with van der Waals surface area (Å²) in [6.07, 6.45) is 3.14. The lowest BCUT2D eigenvalue weighted by molar-refractivity contribution is 0.0529. The van der Waals surface area contributed by atoms with Crippen molar-refractivity contribution in [3.63, 3.8) is 0 Å². The van der Waals surface area contributed by atoms with Gasteiger partial charge in [0.05, 0.1) is 35.6 Å². The maximum absolute atomic E-state index is 14.3. The van der Waals surface area contributed by atoms with Crippen LogP contribution in [0.5, 0.6) is 0 Å². The minimum Gasteiger partial charge on any atom is -0.462 e. The van der Waals surface area contributed by atoms with Crippen LogP contribution in [0.2, 0.25) is 0 Å². The fourth-order valence-electron chi connectivity index (χ4n) is 3.90. The molecule has 0 N–H and O–H groups in total. The molecule has 0 radical (unpaired) electrons. The molecule has 0 fully saturated rings. The summed E-state index contributed by atoms with van der Waals surface area (Å²) >= 11 is 1.39. The predicted molar refractivity (Wildman–Crippen MR) is 135 cm³/mol. The third-order valence-corrected chi connectivity index (χ3v) is 9.21. The van der Waals surface area contributed by atoms with Gasteiger partial charge in [0, 0.05) is 11.8 Å². The van der Waals surface area contributed by atoms with E-state index in [4.69, 9.17) is 13.8 Å². The lowest BCUT2D eigenvalue weighted by atomic mass is 10.0. The van der Waals surface area contributed by atoms with Crippen LogP contribution in [-0.4, -0.2) is 35.4 Å². The largest absolute Gasteiger partial charge is 0.462 e. The van der Waals surface area contributed by atoms with Crippen molar-refractivity contribution in [2.45, 2.75) is 51.8 Å². The number of thioether (sulfide) groups is 1. The Morgan fingerprint density at radius 1 is 1.00 bits per heavy atom. The number of ether oxygens (including phenoxy) is 1. The number of esters is 1. The summed E-state index contributed by atoms with van der Waals surface area (Å²) in [7, 11) is -3.66. The third kappa shape index (κ3) is 5.38. The van der Waals surface area contributed by atoms with Crippen molar-refractivity contribution in [1.29, 1.82) is 0 Å². The van der Waals surface area contributed by atoms with Crippen molar-refractivity contribution in [2.24, 2.45) is 0 Å². The summed E-state index contributed by atoms with van der Waals surface area (Å²) in [5, 5.41) is 0. The molecule has 0 bridgehead atoms. The van der Waals surface area contributed by atoms with Gasteiger partial charge in [-0.1, -0.05) is 36.4 Å². The minimum absolute atomic E-state index is 0.254. The molecule has 0 aliphatic carbocycles. The van der Waals surface area contributed by atoms with E-state index in [2.05, 4.69) is 0 Å². The highest BCUT2D eigenvalue weighted by Gasteiger charge is 2.43. The number of rotatable bonds is 10. The molecule has 2 heterocycles. The smallest absolute Gasteiger partial charge is 0.350 e. The second-order valence-electron chi connectivity index (χ2n) is 8.11. The molecule has 0 aliphatic heterocycles. The van der Waals surface area contributed by atoms with E-state index in [1.54, 1.807) is 6.92 Å². The standard InChI is InChI=1S/C25H32NO5PS/c1-7-29-24(27)22-20-15-11-12-16-26(20)23(21(22)19-13-9-8-10-14-19)25(33-6)32(28,30-17(2)3)31-18(4)5/h8-18,25H,7H2,1-6H3. The van der Waals surface area contributed by atoms with Gasteiger partial charge in [0.15, 0.2) is 0 Å². The van der Waals surface area contributed by atoms with Crippen LogP contribution < -0.4 is 0 Å². The Balaban J connectivity index is 2.42. The summed E-state index contributed by atoms with van der Waals surface area (Å²) in [5.41, 5.74) is 3.33. The normalized spacial score (nSPS) is 13.1. The van der Waals surface area contributed by atoms with Gasteiger partial charge in [-0.15, -0.1) is 11.8 Å². The number of benzene rings is 1. The highest BCUT2D eigenvalue weighted by atomic mass is 32.2. The molecule has 8 heteroatoms. The van der Waals surface area contributed by atoms with Crippen LogP contribution in [0.1, 0.15) is 55.7 Å². The Kier molecular flexibility index (Phi) is 8.46. The first-order chi connectivity index (χ1) is 15.7. The molecule has 0 amide bonds. The zero-order valence-electron chi connectivity index (χ0n) is 20.0. The molecule has 0 saturated heterocycles. The SMILES string of the molecule is CCOC(=O)c1c(-c2ccccc2)c(C(SC)P(=O)(OC(C)C)OC(C)C)n2ccccc12. The van der Waals surface area contributed by atoms with Crippen LogP contribution >= 0.6 is 19.4 Å². The number of aromatic nitrogens is 1. The first kappa shape index (κ1) is 25.6. The molecule has 33 heavy (non-hydrogen) atoms. The lowest BCUT2D eigenvalue weighted by Gasteiger charge is -2.29. The number of carbonyl (C=O) groups excluding carboxylic acids is 1. The Morgan fingerprint density at radius 2 is 1.61 bits per heavy atom. The van der Waals surface area contributed by atoms with Gasteiger partial charge in [0.2, 0.25) is 0 Å². The molecule has 3 aromatic rings. The maximum Gasteiger partial charge on any atom is 0.350 e. The lowest BCUT2D eigenvalue weighted by Crippen LogP contribution is -2.14.